The van der Waals surface area contributed by atoms with Crippen LogP contribution in [0.25, 0.3) is 0 Å². The normalized spacial score (nSPS) is 19.6. The fraction of sp³-hybridized carbons (Fsp3) is 0.824. The highest BCUT2D eigenvalue weighted by molar-refractivity contribution is 5.90. The van der Waals surface area contributed by atoms with Crippen LogP contribution in [0.3, 0.4) is 0 Å². The number of ether oxygens (including phenoxy) is 2. The van der Waals surface area contributed by atoms with Crippen molar-refractivity contribution >= 4 is 18.0 Å². The van der Waals surface area contributed by atoms with Crippen molar-refractivity contribution < 1.29 is 23.9 Å². The first-order valence-corrected chi connectivity index (χ1v) is 8.33. The van der Waals surface area contributed by atoms with Crippen LogP contribution in [0.4, 0.5) is 4.79 Å². The van der Waals surface area contributed by atoms with Crippen LogP contribution in [-0.2, 0) is 19.1 Å². The fourth-order valence-electron chi connectivity index (χ4n) is 2.34. The Morgan fingerprint density at radius 3 is 2.08 bits per heavy atom. The molecule has 1 heterocycles. The van der Waals surface area contributed by atoms with E-state index in [1.807, 2.05) is 0 Å². The molecule has 2 atom stereocenters. The smallest absolute Gasteiger partial charge is 0.410 e. The van der Waals surface area contributed by atoms with Crippen molar-refractivity contribution in [3.05, 3.63) is 0 Å². The molecule has 1 N–H and O–H groups in total. The Morgan fingerprint density at radius 1 is 1.04 bits per heavy atom. The van der Waals surface area contributed by atoms with E-state index in [9.17, 15) is 14.4 Å². The summed E-state index contributed by atoms with van der Waals surface area (Å²) in [7, 11) is 0. The van der Waals surface area contributed by atoms with E-state index in [-0.39, 0.29) is 5.91 Å². The van der Waals surface area contributed by atoms with Gasteiger partial charge in [0.15, 0.2) is 0 Å². The van der Waals surface area contributed by atoms with Crippen molar-refractivity contribution in [2.24, 2.45) is 0 Å². The lowest BCUT2D eigenvalue weighted by Crippen LogP contribution is -2.51. The third-order valence-electron chi connectivity index (χ3n) is 3.30. The Balaban J connectivity index is 2.66. The maximum Gasteiger partial charge on any atom is 0.410 e. The van der Waals surface area contributed by atoms with Crippen molar-refractivity contribution in [1.82, 2.24) is 10.2 Å². The first kappa shape index (κ1) is 20.3. The van der Waals surface area contributed by atoms with E-state index < -0.39 is 35.3 Å². The van der Waals surface area contributed by atoms with Crippen LogP contribution in [0, 0.1) is 0 Å². The Hall–Kier alpha value is -1.79. The number of esters is 1. The first-order valence-electron chi connectivity index (χ1n) is 8.33. The number of carbonyl (C=O) groups is 3. The van der Waals surface area contributed by atoms with Gasteiger partial charge in [0.1, 0.15) is 23.3 Å². The van der Waals surface area contributed by atoms with Gasteiger partial charge in [0.25, 0.3) is 0 Å². The van der Waals surface area contributed by atoms with Crippen molar-refractivity contribution in [3.63, 3.8) is 0 Å². The molecule has 1 saturated heterocycles. The van der Waals surface area contributed by atoms with Gasteiger partial charge in [-0.2, -0.15) is 0 Å². The molecule has 1 fully saturated rings. The highest BCUT2D eigenvalue weighted by Gasteiger charge is 2.37. The molecule has 24 heavy (non-hydrogen) atoms. The number of amides is 2. The maximum absolute atomic E-state index is 12.4. The molecule has 1 aliphatic rings. The number of rotatable bonds is 3. The minimum Gasteiger partial charge on any atom is -0.458 e. The molecule has 0 spiro atoms. The van der Waals surface area contributed by atoms with Crippen molar-refractivity contribution in [1.29, 1.82) is 0 Å². The van der Waals surface area contributed by atoms with Gasteiger partial charge < -0.3 is 14.8 Å². The van der Waals surface area contributed by atoms with Gasteiger partial charge in [-0.15, -0.1) is 0 Å². The summed E-state index contributed by atoms with van der Waals surface area (Å²) < 4.78 is 10.6. The van der Waals surface area contributed by atoms with Gasteiger partial charge in [0.05, 0.1) is 0 Å². The predicted octanol–water partition coefficient (Wildman–Crippen LogP) is 2.23. The second kappa shape index (κ2) is 7.40. The van der Waals surface area contributed by atoms with E-state index in [0.29, 0.717) is 13.0 Å². The Labute approximate surface area is 144 Å². The average molecular weight is 342 g/mol. The topological polar surface area (TPSA) is 84.9 Å². The van der Waals surface area contributed by atoms with E-state index in [1.165, 1.54) is 4.90 Å². The molecule has 0 aromatic heterocycles. The summed E-state index contributed by atoms with van der Waals surface area (Å²) in [5, 5.41) is 2.63. The van der Waals surface area contributed by atoms with E-state index in [4.69, 9.17) is 9.47 Å². The zero-order chi connectivity index (χ0) is 18.7. The largest absolute Gasteiger partial charge is 0.458 e. The highest BCUT2D eigenvalue weighted by Crippen LogP contribution is 2.21. The van der Waals surface area contributed by atoms with Crippen molar-refractivity contribution in [2.75, 3.05) is 6.54 Å². The number of hydrogen-bond donors (Lipinski definition) is 1. The molecule has 0 aliphatic carbocycles. The molecule has 1 unspecified atom stereocenters. The summed E-state index contributed by atoms with van der Waals surface area (Å²) >= 11 is 0. The monoisotopic (exact) mass is 342 g/mol. The van der Waals surface area contributed by atoms with E-state index in [0.717, 1.165) is 6.42 Å². The lowest BCUT2D eigenvalue weighted by Gasteiger charge is -2.29. The minimum atomic E-state index is -0.780. The molecule has 2 amide bonds. The van der Waals surface area contributed by atoms with Crippen molar-refractivity contribution in [3.8, 4) is 0 Å². The van der Waals surface area contributed by atoms with Crippen LogP contribution < -0.4 is 5.32 Å². The van der Waals surface area contributed by atoms with Gasteiger partial charge in [0.2, 0.25) is 5.91 Å². The number of hydrogen-bond acceptors (Lipinski definition) is 5. The quantitative estimate of drug-likeness (QED) is 0.795. The van der Waals surface area contributed by atoms with E-state index in [2.05, 4.69) is 5.32 Å². The van der Waals surface area contributed by atoms with Gasteiger partial charge in [-0.25, -0.2) is 9.59 Å². The van der Waals surface area contributed by atoms with Gasteiger partial charge in [-0.3, -0.25) is 9.69 Å². The second-order valence-corrected chi connectivity index (χ2v) is 8.10. The highest BCUT2D eigenvalue weighted by atomic mass is 16.6. The van der Waals surface area contributed by atoms with Gasteiger partial charge in [-0.1, -0.05) is 0 Å². The zero-order valence-electron chi connectivity index (χ0n) is 15.8. The molecule has 0 bridgehead atoms. The third-order valence-corrected chi connectivity index (χ3v) is 3.30. The van der Waals surface area contributed by atoms with Crippen LogP contribution in [0.1, 0.15) is 61.3 Å². The third kappa shape index (κ3) is 6.37. The Morgan fingerprint density at radius 2 is 1.58 bits per heavy atom. The van der Waals surface area contributed by atoms with Crippen molar-refractivity contribution in [2.45, 2.75) is 84.6 Å². The number of carbonyl (C=O) groups excluding carboxylic acids is 3. The second-order valence-electron chi connectivity index (χ2n) is 8.10. The molecule has 7 nitrogen and oxygen atoms in total. The van der Waals surface area contributed by atoms with Crippen LogP contribution in [0.2, 0.25) is 0 Å². The molecule has 7 heteroatoms. The van der Waals surface area contributed by atoms with Crippen LogP contribution in [0.15, 0.2) is 0 Å². The van der Waals surface area contributed by atoms with Crippen LogP contribution >= 0.6 is 0 Å². The summed E-state index contributed by atoms with van der Waals surface area (Å²) in [6, 6.07) is -1.40. The Bertz CT molecular complexity index is 490. The lowest BCUT2D eigenvalue weighted by atomic mass is 10.1. The van der Waals surface area contributed by atoms with Crippen LogP contribution in [-0.4, -0.2) is 52.7 Å². The van der Waals surface area contributed by atoms with E-state index in [1.54, 1.807) is 48.5 Å². The average Bonchev–Trinajstić information content (AvgIpc) is 2.83. The van der Waals surface area contributed by atoms with Gasteiger partial charge >= 0.3 is 12.1 Å². The number of nitrogens with one attached hydrogen (secondary N) is 1. The van der Waals surface area contributed by atoms with Gasteiger partial charge in [0, 0.05) is 6.54 Å². The lowest BCUT2D eigenvalue weighted by molar-refractivity contribution is -0.158. The summed E-state index contributed by atoms with van der Waals surface area (Å²) in [4.78, 5) is 38.0. The first-order chi connectivity index (χ1) is 10.8. The molecule has 0 radical (unpaired) electrons. The zero-order valence-corrected chi connectivity index (χ0v) is 15.8. The summed E-state index contributed by atoms with van der Waals surface area (Å²) in [5.74, 6) is -0.866. The van der Waals surface area contributed by atoms with Crippen LogP contribution in [0.5, 0.6) is 0 Å². The predicted molar refractivity (Wildman–Crippen MR) is 89.4 cm³/mol. The molecule has 0 aromatic carbocycles. The fourth-order valence-corrected chi connectivity index (χ4v) is 2.34. The molecule has 0 saturated carbocycles. The molecule has 1 rings (SSSR count). The SMILES string of the molecule is C[C@H](NC(=O)C1CCCN1C(=O)OC(C)(C)C)C(=O)OC(C)(C)C. The summed E-state index contributed by atoms with van der Waals surface area (Å²) in [5.41, 5.74) is -1.24. The maximum atomic E-state index is 12.4. The number of likely N-dealkylation sites (tertiary alicyclic amines) is 1. The number of nitrogens with zero attached hydrogens (tertiary/aromatic N) is 1. The molecule has 138 valence electrons. The Kier molecular flexibility index (Phi) is 6.25. The molecular weight excluding hydrogens is 312 g/mol. The van der Waals surface area contributed by atoms with E-state index >= 15 is 0 Å². The minimum absolute atomic E-state index is 0.364. The molecule has 1 aliphatic heterocycles. The molecular formula is C17H30N2O5. The van der Waals surface area contributed by atoms with Gasteiger partial charge in [-0.05, 0) is 61.3 Å². The summed E-state index contributed by atoms with van der Waals surface area (Å²) in [6.45, 7) is 12.7. The molecule has 0 aromatic rings. The standard InChI is InChI=1S/C17H30N2O5/c1-11(14(21)23-16(2,3)4)18-13(20)12-9-8-10-19(12)15(22)24-17(5,6)7/h11-12H,8-10H2,1-7H3,(H,18,20)/t11-,12?/m0/s1. The summed E-state index contributed by atoms with van der Waals surface area (Å²) in [6.07, 6.45) is 0.759.